The Bertz CT molecular complexity index is 490. The molecule has 5 nitrogen and oxygen atoms in total. The Balaban J connectivity index is 2.48. The summed E-state index contributed by atoms with van der Waals surface area (Å²) in [6.07, 6.45) is 6.75. The van der Waals surface area contributed by atoms with Crippen molar-refractivity contribution in [3.63, 3.8) is 0 Å². The average molecular weight is 295 g/mol. The minimum absolute atomic E-state index is 0.391. The van der Waals surface area contributed by atoms with Crippen molar-refractivity contribution in [2.45, 2.75) is 31.1 Å². The molecular formula is C11H11BrN4O. The molecule has 0 unspecified atom stereocenters. The molecule has 0 atom stereocenters. The van der Waals surface area contributed by atoms with Crippen LogP contribution in [-0.2, 0) is 10.2 Å². The van der Waals surface area contributed by atoms with Crippen molar-refractivity contribution in [2.24, 2.45) is 5.11 Å². The van der Waals surface area contributed by atoms with Crippen LogP contribution in [0.3, 0.4) is 0 Å². The van der Waals surface area contributed by atoms with Crippen LogP contribution in [0.15, 0.2) is 28.0 Å². The van der Waals surface area contributed by atoms with Crippen molar-refractivity contribution in [2.75, 3.05) is 0 Å². The minimum atomic E-state index is -0.664. The van der Waals surface area contributed by atoms with E-state index in [4.69, 9.17) is 5.53 Å². The third-order valence-electron chi connectivity index (χ3n) is 3.26. The lowest BCUT2D eigenvalue weighted by molar-refractivity contribution is -0.123. The van der Waals surface area contributed by atoms with Crippen LogP contribution in [-0.4, -0.2) is 10.9 Å². The molecule has 6 heteroatoms. The van der Waals surface area contributed by atoms with E-state index in [9.17, 15) is 4.79 Å². The summed E-state index contributed by atoms with van der Waals surface area (Å²) in [6.45, 7) is 0. The van der Waals surface area contributed by atoms with Gasteiger partial charge in [0.05, 0.1) is 5.41 Å². The van der Waals surface area contributed by atoms with Crippen molar-refractivity contribution in [3.8, 4) is 0 Å². The van der Waals surface area contributed by atoms with Crippen LogP contribution in [0.5, 0.6) is 0 Å². The van der Waals surface area contributed by atoms with Crippen molar-refractivity contribution in [1.82, 2.24) is 4.98 Å². The van der Waals surface area contributed by atoms with Crippen molar-refractivity contribution in [3.05, 3.63) is 38.9 Å². The summed E-state index contributed by atoms with van der Waals surface area (Å²) in [7, 11) is 0. The lowest BCUT2D eigenvalue weighted by atomic mass is 9.79. The van der Waals surface area contributed by atoms with Crippen LogP contribution in [0.2, 0.25) is 0 Å². The Morgan fingerprint density at radius 2 is 2.18 bits per heavy atom. The molecule has 2 rings (SSSR count). The molecule has 17 heavy (non-hydrogen) atoms. The van der Waals surface area contributed by atoms with Gasteiger partial charge in [-0.05, 0) is 51.0 Å². The second kappa shape index (κ2) is 4.85. The maximum absolute atomic E-state index is 12.0. The number of hydrogen-bond acceptors (Lipinski definition) is 2. The molecule has 88 valence electrons. The van der Waals surface area contributed by atoms with E-state index in [-0.39, 0.29) is 0 Å². The van der Waals surface area contributed by atoms with Gasteiger partial charge in [-0.15, -0.1) is 0 Å². The highest BCUT2D eigenvalue weighted by Crippen LogP contribution is 2.42. The summed E-state index contributed by atoms with van der Waals surface area (Å²) in [5.74, 6) is -0.391. The fraction of sp³-hybridized carbons (Fsp3) is 0.455. The molecule has 1 aromatic heterocycles. The van der Waals surface area contributed by atoms with Crippen molar-refractivity contribution in [1.29, 1.82) is 0 Å². The second-order valence-electron chi connectivity index (χ2n) is 4.18. The maximum atomic E-state index is 12.0. The van der Waals surface area contributed by atoms with Gasteiger partial charge in [-0.3, -0.25) is 9.78 Å². The lowest BCUT2D eigenvalue weighted by Crippen LogP contribution is -2.31. The first-order chi connectivity index (χ1) is 8.19. The number of carbonyl (C=O) groups excluding carboxylic acids is 1. The molecule has 0 aliphatic heterocycles. The number of nitrogens with zero attached hydrogens (tertiary/aromatic N) is 4. The van der Waals surface area contributed by atoms with Gasteiger partial charge in [-0.25, -0.2) is 0 Å². The number of azide groups is 1. The Morgan fingerprint density at radius 3 is 2.76 bits per heavy atom. The first kappa shape index (κ1) is 12.1. The number of pyridine rings is 1. The van der Waals surface area contributed by atoms with Crippen LogP contribution in [0, 0.1) is 0 Å². The van der Waals surface area contributed by atoms with E-state index in [2.05, 4.69) is 30.9 Å². The molecule has 1 fully saturated rings. The molecule has 1 amide bonds. The molecule has 0 saturated heterocycles. The van der Waals surface area contributed by atoms with E-state index in [0.29, 0.717) is 0 Å². The quantitative estimate of drug-likeness (QED) is 0.475. The van der Waals surface area contributed by atoms with Gasteiger partial charge in [0.15, 0.2) is 0 Å². The van der Waals surface area contributed by atoms with Crippen LogP contribution in [0.25, 0.3) is 10.4 Å². The molecule has 0 bridgehead atoms. The highest BCUT2D eigenvalue weighted by atomic mass is 79.9. The molecule has 1 heterocycles. The molecule has 1 saturated carbocycles. The number of rotatable bonds is 2. The Hall–Kier alpha value is -1.39. The van der Waals surface area contributed by atoms with E-state index in [1.54, 1.807) is 12.4 Å². The van der Waals surface area contributed by atoms with Gasteiger partial charge < -0.3 is 0 Å². The van der Waals surface area contributed by atoms with E-state index in [0.717, 1.165) is 35.7 Å². The number of carbonyl (C=O) groups is 1. The zero-order chi connectivity index (χ0) is 12.3. The van der Waals surface area contributed by atoms with E-state index >= 15 is 0 Å². The lowest BCUT2D eigenvalue weighted by Gasteiger charge is -2.25. The normalized spacial score (nSPS) is 17.5. The van der Waals surface area contributed by atoms with Gasteiger partial charge >= 0.3 is 0 Å². The van der Waals surface area contributed by atoms with Gasteiger partial charge in [0.25, 0.3) is 0 Å². The minimum Gasteiger partial charge on any atom is -0.292 e. The molecule has 0 N–H and O–H groups in total. The molecule has 0 radical (unpaired) electrons. The topological polar surface area (TPSA) is 78.7 Å². The van der Waals surface area contributed by atoms with Gasteiger partial charge in [0.1, 0.15) is 0 Å². The molecule has 0 spiro atoms. The summed E-state index contributed by atoms with van der Waals surface area (Å²) in [5.41, 5.74) is 8.60. The average Bonchev–Trinajstić information content (AvgIpc) is 2.79. The SMILES string of the molecule is [N-]=[N+]=NC(=O)C1(c2cncc(Br)c2)CCCC1. The van der Waals surface area contributed by atoms with Crippen LogP contribution >= 0.6 is 15.9 Å². The summed E-state index contributed by atoms with van der Waals surface area (Å²) < 4.78 is 0.829. The molecule has 1 aliphatic rings. The maximum Gasteiger partial charge on any atom is 0.229 e. The van der Waals surface area contributed by atoms with E-state index in [1.807, 2.05) is 6.07 Å². The first-order valence-electron chi connectivity index (χ1n) is 5.39. The monoisotopic (exact) mass is 294 g/mol. The molecule has 1 aliphatic carbocycles. The van der Waals surface area contributed by atoms with Crippen LogP contribution < -0.4 is 0 Å². The molecule has 0 aromatic carbocycles. The zero-order valence-electron chi connectivity index (χ0n) is 9.14. The number of aromatic nitrogens is 1. The van der Waals surface area contributed by atoms with Crippen molar-refractivity contribution < 1.29 is 4.79 Å². The third kappa shape index (κ3) is 2.18. The predicted molar refractivity (Wildman–Crippen MR) is 66.2 cm³/mol. The van der Waals surface area contributed by atoms with E-state index < -0.39 is 11.3 Å². The Labute approximate surface area is 107 Å². The predicted octanol–water partition coefficient (Wildman–Crippen LogP) is 3.49. The zero-order valence-corrected chi connectivity index (χ0v) is 10.7. The second-order valence-corrected chi connectivity index (χ2v) is 5.09. The summed E-state index contributed by atoms with van der Waals surface area (Å²) in [5, 5.41) is 3.28. The third-order valence-corrected chi connectivity index (χ3v) is 3.69. The highest BCUT2D eigenvalue weighted by Gasteiger charge is 2.42. The number of amides is 1. The summed E-state index contributed by atoms with van der Waals surface area (Å²) in [6, 6.07) is 1.88. The van der Waals surface area contributed by atoms with Crippen LogP contribution in [0.4, 0.5) is 0 Å². The molecular weight excluding hydrogens is 284 g/mol. The fourth-order valence-corrected chi connectivity index (χ4v) is 2.78. The van der Waals surface area contributed by atoms with Gasteiger partial charge in [-0.2, -0.15) is 0 Å². The summed E-state index contributed by atoms with van der Waals surface area (Å²) >= 11 is 3.34. The number of hydrogen-bond donors (Lipinski definition) is 0. The van der Waals surface area contributed by atoms with Gasteiger partial charge in [-0.1, -0.05) is 12.8 Å². The Kier molecular flexibility index (Phi) is 3.45. The molecule has 1 aromatic rings. The van der Waals surface area contributed by atoms with Crippen LogP contribution in [0.1, 0.15) is 31.2 Å². The smallest absolute Gasteiger partial charge is 0.229 e. The van der Waals surface area contributed by atoms with E-state index in [1.165, 1.54) is 0 Å². The van der Waals surface area contributed by atoms with Crippen molar-refractivity contribution >= 4 is 21.8 Å². The first-order valence-corrected chi connectivity index (χ1v) is 6.19. The standard InChI is InChI=1S/C11H11BrN4O/c12-9-5-8(6-14-7-9)11(3-1-2-4-11)10(17)15-16-13/h5-7H,1-4H2. The van der Waals surface area contributed by atoms with Gasteiger partial charge in [0, 0.05) is 21.8 Å². The van der Waals surface area contributed by atoms with Gasteiger partial charge in [0.2, 0.25) is 5.91 Å². The summed E-state index contributed by atoms with van der Waals surface area (Å²) in [4.78, 5) is 18.7. The highest BCUT2D eigenvalue weighted by molar-refractivity contribution is 9.10. The fourth-order valence-electron chi connectivity index (χ4n) is 2.41. The largest absolute Gasteiger partial charge is 0.292 e. The Morgan fingerprint density at radius 1 is 1.47 bits per heavy atom. The number of halogens is 1.